The van der Waals surface area contributed by atoms with E-state index in [2.05, 4.69) is 20.0 Å². The smallest absolute Gasteiger partial charge is 0.287 e. The fraction of sp³-hybridized carbons (Fsp3) is 0.235. The van der Waals surface area contributed by atoms with Gasteiger partial charge in [-0.3, -0.25) is 4.79 Å². The highest BCUT2D eigenvalue weighted by atomic mass is 32.2. The minimum Gasteiger partial charge on any atom is -0.451 e. The molecule has 9 heteroatoms. The van der Waals surface area contributed by atoms with Crippen LogP contribution in [-0.4, -0.2) is 30.3 Å². The van der Waals surface area contributed by atoms with Crippen LogP contribution in [0.15, 0.2) is 46.0 Å². The van der Waals surface area contributed by atoms with Gasteiger partial charge in [0.2, 0.25) is 5.95 Å². The summed E-state index contributed by atoms with van der Waals surface area (Å²) in [6.07, 6.45) is 4.83. The molecule has 0 unspecified atom stereocenters. The number of anilines is 1. The van der Waals surface area contributed by atoms with Gasteiger partial charge in [-0.05, 0) is 44.0 Å². The molecule has 2 heterocycles. The van der Waals surface area contributed by atoms with E-state index in [4.69, 9.17) is 4.42 Å². The van der Waals surface area contributed by atoms with Gasteiger partial charge in [0.05, 0.1) is 4.90 Å². The van der Waals surface area contributed by atoms with Gasteiger partial charge in [0.15, 0.2) is 5.76 Å². The van der Waals surface area contributed by atoms with Crippen molar-refractivity contribution in [2.45, 2.75) is 30.7 Å². The Morgan fingerprint density at radius 3 is 2.65 bits per heavy atom. The van der Waals surface area contributed by atoms with Crippen LogP contribution in [0.2, 0.25) is 0 Å². The van der Waals surface area contributed by atoms with Crippen LogP contribution in [0, 0.1) is 6.92 Å². The number of aromatic nitrogens is 2. The highest BCUT2D eigenvalue weighted by Gasteiger charge is 2.27. The lowest BCUT2D eigenvalue weighted by Crippen LogP contribution is -2.25. The molecule has 1 aromatic carbocycles. The van der Waals surface area contributed by atoms with E-state index in [-0.39, 0.29) is 28.6 Å². The van der Waals surface area contributed by atoms with Crippen molar-refractivity contribution in [3.8, 4) is 0 Å². The topological polar surface area (TPSA) is 114 Å². The number of sulfonamides is 1. The van der Waals surface area contributed by atoms with E-state index in [1.165, 1.54) is 30.6 Å². The fourth-order valence-corrected chi connectivity index (χ4v) is 3.58. The van der Waals surface area contributed by atoms with Crippen molar-refractivity contribution >= 4 is 32.8 Å². The van der Waals surface area contributed by atoms with Crippen LogP contribution < -0.4 is 10.0 Å². The molecule has 0 saturated heterocycles. The Kier molecular flexibility index (Phi) is 3.87. The number of carbonyl (C=O) groups excluding carboxylic acids is 1. The molecule has 1 aliphatic carbocycles. The number of hydrogen-bond donors (Lipinski definition) is 2. The van der Waals surface area contributed by atoms with Gasteiger partial charge in [-0.2, -0.15) is 0 Å². The number of nitrogens with zero attached hydrogens (tertiary/aromatic N) is 2. The predicted octanol–water partition coefficient (Wildman–Crippen LogP) is 2.22. The molecule has 26 heavy (non-hydrogen) atoms. The molecule has 8 nitrogen and oxygen atoms in total. The van der Waals surface area contributed by atoms with Gasteiger partial charge in [0, 0.05) is 29.4 Å². The van der Waals surface area contributed by atoms with Crippen molar-refractivity contribution in [1.29, 1.82) is 0 Å². The monoisotopic (exact) mass is 372 g/mol. The molecule has 0 bridgehead atoms. The highest BCUT2D eigenvalue weighted by Crippen LogP contribution is 2.29. The second-order valence-corrected chi connectivity index (χ2v) is 7.82. The van der Waals surface area contributed by atoms with Crippen LogP contribution in [-0.2, 0) is 10.0 Å². The Labute approximate surface area is 149 Å². The molecule has 1 amide bonds. The van der Waals surface area contributed by atoms with Crippen LogP contribution in [0.1, 0.15) is 29.0 Å². The summed E-state index contributed by atoms with van der Waals surface area (Å²) in [4.78, 5) is 20.0. The summed E-state index contributed by atoms with van der Waals surface area (Å²) in [5.41, 5.74) is 1.06. The number of benzene rings is 1. The quantitative estimate of drug-likeness (QED) is 0.710. The first-order valence-corrected chi connectivity index (χ1v) is 9.56. The Hall–Kier alpha value is -2.94. The van der Waals surface area contributed by atoms with Gasteiger partial charge in [-0.1, -0.05) is 0 Å². The van der Waals surface area contributed by atoms with Gasteiger partial charge >= 0.3 is 0 Å². The van der Waals surface area contributed by atoms with E-state index in [9.17, 15) is 13.2 Å². The third kappa shape index (κ3) is 3.13. The molecule has 0 atom stereocenters. The summed E-state index contributed by atoms with van der Waals surface area (Å²) in [7, 11) is -3.86. The summed E-state index contributed by atoms with van der Waals surface area (Å²) in [6, 6.07) is 6.23. The summed E-state index contributed by atoms with van der Waals surface area (Å²) in [6.45, 7) is 1.73. The molecule has 1 saturated carbocycles. The first-order chi connectivity index (χ1) is 12.4. The number of furan rings is 1. The zero-order chi connectivity index (χ0) is 18.3. The van der Waals surface area contributed by atoms with Crippen LogP contribution in [0.5, 0.6) is 0 Å². The molecule has 1 aliphatic rings. The van der Waals surface area contributed by atoms with E-state index in [1.807, 2.05) is 0 Å². The molecule has 0 aliphatic heterocycles. The van der Waals surface area contributed by atoms with Crippen LogP contribution in [0.3, 0.4) is 0 Å². The number of fused-ring (bicyclic) bond motifs is 1. The van der Waals surface area contributed by atoms with Gasteiger partial charge in [0.1, 0.15) is 5.58 Å². The lowest BCUT2D eigenvalue weighted by atomic mass is 10.1. The predicted molar refractivity (Wildman–Crippen MR) is 94.3 cm³/mol. The molecule has 2 aromatic heterocycles. The van der Waals surface area contributed by atoms with Crippen molar-refractivity contribution in [2.24, 2.45) is 0 Å². The number of nitrogens with one attached hydrogen (secondary N) is 2. The van der Waals surface area contributed by atoms with Crippen molar-refractivity contribution in [1.82, 2.24) is 15.3 Å². The summed E-state index contributed by atoms with van der Waals surface area (Å²) >= 11 is 0. The fourth-order valence-electron chi connectivity index (χ4n) is 2.59. The van der Waals surface area contributed by atoms with E-state index >= 15 is 0 Å². The molecule has 3 aromatic rings. The van der Waals surface area contributed by atoms with Gasteiger partial charge in [-0.25, -0.2) is 23.1 Å². The summed E-state index contributed by atoms with van der Waals surface area (Å²) < 4.78 is 33.0. The standard InChI is InChI=1S/C17H16N4O4S/c1-10-13-9-12(26(23,24)21-17-18-7-2-8-19-17)5-6-14(13)25-15(10)16(22)20-11-3-4-11/h2,5-9,11H,3-4H2,1H3,(H,20,22)(H,18,19,21). The van der Waals surface area contributed by atoms with Crippen molar-refractivity contribution in [3.05, 3.63) is 48.0 Å². The number of aryl methyl sites for hydroxylation is 1. The first kappa shape index (κ1) is 16.5. The minimum atomic E-state index is -3.86. The van der Waals surface area contributed by atoms with Gasteiger partial charge < -0.3 is 9.73 Å². The maximum Gasteiger partial charge on any atom is 0.287 e. The number of carbonyl (C=O) groups is 1. The molecule has 0 radical (unpaired) electrons. The average molecular weight is 372 g/mol. The van der Waals surface area contributed by atoms with Crippen LogP contribution in [0.4, 0.5) is 5.95 Å². The number of hydrogen-bond acceptors (Lipinski definition) is 6. The molecule has 1 fully saturated rings. The zero-order valence-electron chi connectivity index (χ0n) is 13.9. The normalized spacial score (nSPS) is 14.3. The van der Waals surface area contributed by atoms with E-state index in [0.29, 0.717) is 16.5 Å². The third-order valence-corrected chi connectivity index (χ3v) is 5.45. The maximum atomic E-state index is 12.5. The Balaban J connectivity index is 1.68. The third-order valence-electron chi connectivity index (χ3n) is 4.13. The number of rotatable bonds is 5. The second-order valence-electron chi connectivity index (χ2n) is 6.14. The average Bonchev–Trinajstić information content (AvgIpc) is 3.37. The van der Waals surface area contributed by atoms with Gasteiger partial charge in [-0.15, -0.1) is 0 Å². The summed E-state index contributed by atoms with van der Waals surface area (Å²) in [5.74, 6) is -0.0803. The molecule has 4 rings (SSSR count). The second kappa shape index (κ2) is 6.10. The van der Waals surface area contributed by atoms with Crippen molar-refractivity contribution in [3.63, 3.8) is 0 Å². The highest BCUT2D eigenvalue weighted by molar-refractivity contribution is 7.92. The zero-order valence-corrected chi connectivity index (χ0v) is 14.7. The van der Waals surface area contributed by atoms with Crippen LogP contribution in [0.25, 0.3) is 11.0 Å². The largest absolute Gasteiger partial charge is 0.451 e. The maximum absolute atomic E-state index is 12.5. The number of amides is 1. The Morgan fingerprint density at radius 1 is 1.23 bits per heavy atom. The lowest BCUT2D eigenvalue weighted by Gasteiger charge is -2.06. The van der Waals surface area contributed by atoms with E-state index in [0.717, 1.165) is 12.8 Å². The van der Waals surface area contributed by atoms with Crippen LogP contribution >= 0.6 is 0 Å². The molecule has 2 N–H and O–H groups in total. The molecular formula is C17H16N4O4S. The Morgan fingerprint density at radius 2 is 1.96 bits per heavy atom. The van der Waals surface area contributed by atoms with E-state index in [1.54, 1.807) is 13.0 Å². The van der Waals surface area contributed by atoms with Gasteiger partial charge in [0.25, 0.3) is 15.9 Å². The molecule has 134 valence electrons. The summed E-state index contributed by atoms with van der Waals surface area (Å²) in [5, 5.41) is 3.44. The SMILES string of the molecule is Cc1c(C(=O)NC2CC2)oc2ccc(S(=O)(=O)Nc3ncccn3)cc12. The molecule has 0 spiro atoms. The molecular weight excluding hydrogens is 356 g/mol. The Bertz CT molecular complexity index is 1090. The van der Waals surface area contributed by atoms with E-state index < -0.39 is 10.0 Å². The first-order valence-electron chi connectivity index (χ1n) is 8.08. The van der Waals surface area contributed by atoms with Crippen molar-refractivity contribution < 1.29 is 17.6 Å². The minimum absolute atomic E-state index is 0.0130. The lowest BCUT2D eigenvalue weighted by molar-refractivity contribution is 0.0924. The van der Waals surface area contributed by atoms with Crippen molar-refractivity contribution in [2.75, 3.05) is 4.72 Å².